The van der Waals surface area contributed by atoms with Gasteiger partial charge in [0, 0.05) is 6.20 Å². The number of nitrogens with one attached hydrogen (secondary N) is 1. The second-order valence-electron chi connectivity index (χ2n) is 5.52. The molecule has 0 spiro atoms. The minimum atomic E-state index is -1.48. The van der Waals surface area contributed by atoms with Crippen LogP contribution in [0.3, 0.4) is 0 Å². The third-order valence-electron chi connectivity index (χ3n) is 3.54. The number of nitrogens with zero attached hydrogens (tertiary/aromatic N) is 3. The Kier molecular flexibility index (Phi) is 5.42. The molecule has 2 rings (SSSR count). The van der Waals surface area contributed by atoms with Crippen molar-refractivity contribution in [1.29, 1.82) is 0 Å². The number of benzene rings is 1. The summed E-state index contributed by atoms with van der Waals surface area (Å²) in [5.74, 6) is -5.92. The van der Waals surface area contributed by atoms with Gasteiger partial charge in [0.15, 0.2) is 17.4 Å². The van der Waals surface area contributed by atoms with Crippen LogP contribution in [0.4, 0.5) is 13.2 Å². The zero-order valence-corrected chi connectivity index (χ0v) is 13.4. The van der Waals surface area contributed by atoms with Gasteiger partial charge >= 0.3 is 0 Å². The summed E-state index contributed by atoms with van der Waals surface area (Å²) in [6.07, 6.45) is 3.10. The van der Waals surface area contributed by atoms with Gasteiger partial charge in [-0.2, -0.15) is 4.39 Å². The minimum absolute atomic E-state index is 0.0200. The van der Waals surface area contributed by atoms with Crippen molar-refractivity contribution in [3.8, 4) is 5.75 Å². The van der Waals surface area contributed by atoms with E-state index in [0.717, 1.165) is 7.11 Å². The van der Waals surface area contributed by atoms with Gasteiger partial charge in [-0.15, -0.1) is 5.10 Å². The first-order valence-electron chi connectivity index (χ1n) is 7.21. The van der Waals surface area contributed by atoms with Crippen LogP contribution in [-0.2, 0) is 6.54 Å². The molecule has 24 heavy (non-hydrogen) atoms. The predicted octanol–water partition coefficient (Wildman–Crippen LogP) is 2.16. The fourth-order valence-electron chi connectivity index (χ4n) is 2.13. The number of amides is 1. The molecule has 0 aliphatic heterocycles. The summed E-state index contributed by atoms with van der Waals surface area (Å²) in [7, 11) is 0.990. The van der Waals surface area contributed by atoms with Gasteiger partial charge < -0.3 is 10.1 Å². The van der Waals surface area contributed by atoms with E-state index in [0.29, 0.717) is 12.6 Å². The highest BCUT2D eigenvalue weighted by Gasteiger charge is 2.26. The highest BCUT2D eigenvalue weighted by Crippen LogP contribution is 2.27. The Hall–Kier alpha value is -2.58. The molecule has 1 N–H and O–H groups in total. The van der Waals surface area contributed by atoms with Crippen molar-refractivity contribution < 1.29 is 22.7 Å². The first-order valence-corrected chi connectivity index (χ1v) is 7.21. The van der Waals surface area contributed by atoms with Crippen LogP contribution in [0.1, 0.15) is 24.2 Å². The number of hydrogen-bond acceptors (Lipinski definition) is 4. The van der Waals surface area contributed by atoms with Crippen molar-refractivity contribution >= 4 is 5.91 Å². The first kappa shape index (κ1) is 17.8. The molecule has 1 amide bonds. The second kappa shape index (κ2) is 7.33. The number of hydrogen-bond donors (Lipinski definition) is 1. The van der Waals surface area contributed by atoms with Crippen LogP contribution < -0.4 is 10.1 Å². The molecule has 0 aliphatic rings. The molecule has 1 atom stereocenters. The van der Waals surface area contributed by atoms with E-state index in [1.54, 1.807) is 6.20 Å². The van der Waals surface area contributed by atoms with Gasteiger partial charge in [0.1, 0.15) is 0 Å². The van der Waals surface area contributed by atoms with E-state index in [2.05, 4.69) is 20.4 Å². The van der Waals surface area contributed by atoms with E-state index in [1.807, 2.05) is 13.8 Å². The molecule has 0 fully saturated rings. The number of rotatable bonds is 6. The van der Waals surface area contributed by atoms with E-state index < -0.39 is 40.7 Å². The number of carbonyl (C=O) groups excluding carboxylic acids is 1. The normalized spacial score (nSPS) is 12.3. The number of ether oxygens (including phenoxy) is 1. The van der Waals surface area contributed by atoms with Crippen LogP contribution in [-0.4, -0.2) is 34.1 Å². The maximum absolute atomic E-state index is 14.2. The summed E-state index contributed by atoms with van der Waals surface area (Å²) < 4.78 is 47.2. The largest absolute Gasteiger partial charge is 0.491 e. The molecule has 0 saturated carbocycles. The van der Waals surface area contributed by atoms with Crippen LogP contribution in [0, 0.1) is 23.4 Å². The van der Waals surface area contributed by atoms with Crippen LogP contribution in [0.2, 0.25) is 0 Å². The van der Waals surface area contributed by atoms with Crippen molar-refractivity contribution in [2.24, 2.45) is 5.92 Å². The summed E-state index contributed by atoms with van der Waals surface area (Å²) in [5, 5.41) is 10.1. The number of methoxy groups -OCH3 is 1. The van der Waals surface area contributed by atoms with Crippen LogP contribution in [0.25, 0.3) is 0 Å². The molecule has 1 heterocycles. The average molecular weight is 342 g/mol. The van der Waals surface area contributed by atoms with Crippen LogP contribution in [0.15, 0.2) is 18.5 Å². The zero-order valence-electron chi connectivity index (χ0n) is 13.4. The number of aromatic nitrogens is 3. The van der Waals surface area contributed by atoms with Gasteiger partial charge in [-0.1, -0.05) is 19.1 Å². The van der Waals surface area contributed by atoms with Crippen LogP contribution in [0.5, 0.6) is 5.75 Å². The van der Waals surface area contributed by atoms with Gasteiger partial charge in [0.25, 0.3) is 5.91 Å². The molecule has 130 valence electrons. The molecule has 0 aliphatic carbocycles. The van der Waals surface area contributed by atoms with Gasteiger partial charge in [-0.05, 0) is 12.0 Å². The Morgan fingerprint density at radius 3 is 2.58 bits per heavy atom. The third kappa shape index (κ3) is 3.66. The molecule has 1 aromatic heterocycles. The van der Waals surface area contributed by atoms with Crippen molar-refractivity contribution in [2.75, 3.05) is 7.11 Å². The summed E-state index contributed by atoms with van der Waals surface area (Å²) in [5.41, 5.74) is -0.630. The molecule has 0 radical (unpaired) electrons. The van der Waals surface area contributed by atoms with Gasteiger partial charge in [-0.3, -0.25) is 9.48 Å². The highest BCUT2D eigenvalue weighted by molar-refractivity contribution is 5.95. The monoisotopic (exact) mass is 342 g/mol. The summed E-state index contributed by atoms with van der Waals surface area (Å²) in [6.45, 7) is 4.00. The molecule has 0 bridgehead atoms. The molecule has 0 saturated heterocycles. The van der Waals surface area contributed by atoms with E-state index in [4.69, 9.17) is 0 Å². The smallest absolute Gasteiger partial charge is 0.254 e. The Labute approximate surface area is 136 Å². The molecular weight excluding hydrogens is 325 g/mol. The fraction of sp³-hybridized carbons (Fsp3) is 0.400. The van der Waals surface area contributed by atoms with Gasteiger partial charge in [0.05, 0.1) is 31.5 Å². The Balaban J connectivity index is 2.26. The van der Waals surface area contributed by atoms with E-state index in [-0.39, 0.29) is 5.92 Å². The minimum Gasteiger partial charge on any atom is -0.491 e. The van der Waals surface area contributed by atoms with Crippen molar-refractivity contribution in [1.82, 2.24) is 20.3 Å². The Morgan fingerprint density at radius 2 is 2.04 bits per heavy atom. The summed E-state index contributed by atoms with van der Waals surface area (Å²) in [4.78, 5) is 12.3. The Morgan fingerprint density at radius 1 is 1.33 bits per heavy atom. The lowest BCUT2D eigenvalue weighted by Crippen LogP contribution is -2.42. The number of halogens is 3. The van der Waals surface area contributed by atoms with Gasteiger partial charge in [0.2, 0.25) is 5.82 Å². The molecule has 6 nitrogen and oxygen atoms in total. The van der Waals surface area contributed by atoms with E-state index in [1.165, 1.54) is 10.9 Å². The first-order chi connectivity index (χ1) is 11.3. The quantitative estimate of drug-likeness (QED) is 0.817. The van der Waals surface area contributed by atoms with E-state index in [9.17, 15) is 18.0 Å². The topological polar surface area (TPSA) is 69.0 Å². The van der Waals surface area contributed by atoms with Crippen LogP contribution >= 0.6 is 0 Å². The molecule has 1 aromatic carbocycles. The highest BCUT2D eigenvalue weighted by atomic mass is 19.2. The number of carbonyl (C=O) groups is 1. The van der Waals surface area contributed by atoms with Gasteiger partial charge in [-0.25, -0.2) is 8.78 Å². The standard InChI is InChI=1S/C15H17F3N4O2/c1-8(2)11(7-22-5-4-19-21-22)20-15(23)9-6-10(16)13(18)14(24-3)12(9)17/h4-6,8,11H,7H2,1-3H3,(H,20,23). The SMILES string of the molecule is COc1c(F)c(F)cc(C(=O)NC(Cn2ccnn2)C(C)C)c1F. The third-order valence-corrected chi connectivity index (χ3v) is 3.54. The summed E-state index contributed by atoms with van der Waals surface area (Å²) in [6, 6.07) is 0.0905. The van der Waals surface area contributed by atoms with E-state index >= 15 is 0 Å². The summed E-state index contributed by atoms with van der Waals surface area (Å²) >= 11 is 0. The second-order valence-corrected chi connectivity index (χ2v) is 5.52. The lowest BCUT2D eigenvalue weighted by atomic mass is 10.0. The van der Waals surface area contributed by atoms with Crippen molar-refractivity contribution in [2.45, 2.75) is 26.4 Å². The van der Waals surface area contributed by atoms with Crippen molar-refractivity contribution in [3.63, 3.8) is 0 Å². The predicted molar refractivity (Wildman–Crippen MR) is 79.0 cm³/mol. The molecular formula is C15H17F3N4O2. The zero-order chi connectivity index (χ0) is 17.9. The lowest BCUT2D eigenvalue weighted by Gasteiger charge is -2.22. The molecule has 9 heteroatoms. The fourth-order valence-corrected chi connectivity index (χ4v) is 2.13. The maximum Gasteiger partial charge on any atom is 0.254 e. The molecule has 1 unspecified atom stereocenters. The Bertz CT molecular complexity index is 720. The lowest BCUT2D eigenvalue weighted by molar-refractivity contribution is 0.0913. The average Bonchev–Trinajstić information content (AvgIpc) is 3.03. The molecule has 2 aromatic rings. The maximum atomic E-state index is 14.2. The van der Waals surface area contributed by atoms with Crippen molar-refractivity contribution in [3.05, 3.63) is 41.5 Å².